The molecule has 1 aromatic carbocycles. The molecule has 5 heteroatoms. The van der Waals surface area contributed by atoms with E-state index in [0.717, 1.165) is 18.4 Å². The lowest BCUT2D eigenvalue weighted by Crippen LogP contribution is -2.44. The Bertz CT molecular complexity index is 482. The van der Waals surface area contributed by atoms with Crippen molar-refractivity contribution >= 4 is 11.8 Å². The fraction of sp³-hybridized carbons (Fsp3) is 0.500. The Hall–Kier alpha value is -1.88. The zero-order valence-corrected chi connectivity index (χ0v) is 12.4. The Morgan fingerprint density at radius 1 is 1.29 bits per heavy atom. The summed E-state index contributed by atoms with van der Waals surface area (Å²) in [6, 6.07) is 8.87. The van der Waals surface area contributed by atoms with Gasteiger partial charge in [0.05, 0.1) is 0 Å². The van der Waals surface area contributed by atoms with Crippen molar-refractivity contribution in [3.8, 4) is 0 Å². The molecule has 1 aliphatic rings. The molecule has 5 nitrogen and oxygen atoms in total. The van der Waals surface area contributed by atoms with Gasteiger partial charge in [0, 0.05) is 26.6 Å². The summed E-state index contributed by atoms with van der Waals surface area (Å²) in [6.07, 6.45) is 1.82. The predicted octanol–water partition coefficient (Wildman–Crippen LogP) is 1.06. The number of nitrogens with zero attached hydrogens (tertiary/aromatic N) is 1. The molecule has 2 rings (SSSR count). The van der Waals surface area contributed by atoms with Crippen LogP contribution in [-0.4, -0.2) is 36.3 Å². The lowest BCUT2D eigenvalue weighted by Gasteiger charge is -2.33. The van der Waals surface area contributed by atoms with E-state index < -0.39 is 6.04 Å². The van der Waals surface area contributed by atoms with Gasteiger partial charge >= 0.3 is 0 Å². The van der Waals surface area contributed by atoms with Gasteiger partial charge in [-0.1, -0.05) is 30.3 Å². The van der Waals surface area contributed by atoms with Gasteiger partial charge in [0.2, 0.25) is 11.8 Å². The number of rotatable bonds is 4. The summed E-state index contributed by atoms with van der Waals surface area (Å²) in [5, 5.41) is 2.84. The summed E-state index contributed by atoms with van der Waals surface area (Å²) in [7, 11) is 0. The number of likely N-dealkylation sites (tertiary alicyclic amines) is 1. The molecule has 0 saturated carbocycles. The largest absolute Gasteiger partial charge is 0.356 e. The summed E-state index contributed by atoms with van der Waals surface area (Å²) in [5.41, 5.74) is 6.90. The highest BCUT2D eigenvalue weighted by atomic mass is 16.2. The van der Waals surface area contributed by atoms with E-state index in [1.165, 1.54) is 6.92 Å². The first-order valence-electron chi connectivity index (χ1n) is 7.41. The Balaban J connectivity index is 1.84. The Kier molecular flexibility index (Phi) is 5.33. The average molecular weight is 289 g/mol. The molecule has 1 heterocycles. The smallest absolute Gasteiger partial charge is 0.244 e. The highest BCUT2D eigenvalue weighted by molar-refractivity contribution is 5.83. The topological polar surface area (TPSA) is 75.4 Å². The van der Waals surface area contributed by atoms with Crippen molar-refractivity contribution in [1.82, 2.24) is 10.2 Å². The van der Waals surface area contributed by atoms with Crippen LogP contribution in [-0.2, 0) is 9.59 Å². The van der Waals surface area contributed by atoms with Crippen molar-refractivity contribution in [2.45, 2.75) is 25.8 Å². The lowest BCUT2D eigenvalue weighted by atomic mass is 9.95. The van der Waals surface area contributed by atoms with Crippen LogP contribution >= 0.6 is 0 Å². The molecular weight excluding hydrogens is 266 g/mol. The van der Waals surface area contributed by atoms with E-state index in [1.807, 2.05) is 35.2 Å². The van der Waals surface area contributed by atoms with Gasteiger partial charge in [-0.3, -0.25) is 9.59 Å². The minimum atomic E-state index is -0.585. The van der Waals surface area contributed by atoms with E-state index >= 15 is 0 Å². The van der Waals surface area contributed by atoms with Gasteiger partial charge in [0.15, 0.2) is 0 Å². The van der Waals surface area contributed by atoms with E-state index in [-0.39, 0.29) is 11.8 Å². The first-order valence-corrected chi connectivity index (χ1v) is 7.41. The zero-order valence-electron chi connectivity index (χ0n) is 12.4. The fourth-order valence-corrected chi connectivity index (χ4v) is 2.65. The number of hydrogen-bond donors (Lipinski definition) is 2. The zero-order chi connectivity index (χ0) is 15.2. The van der Waals surface area contributed by atoms with Gasteiger partial charge in [-0.2, -0.15) is 0 Å². The molecule has 0 spiro atoms. The summed E-state index contributed by atoms with van der Waals surface area (Å²) in [5.74, 6) is 0.435. The molecular formula is C16H23N3O2. The molecule has 1 fully saturated rings. The molecule has 0 aromatic heterocycles. The van der Waals surface area contributed by atoms with Crippen LogP contribution in [0.5, 0.6) is 0 Å². The van der Waals surface area contributed by atoms with E-state index in [2.05, 4.69) is 5.32 Å². The van der Waals surface area contributed by atoms with Gasteiger partial charge in [0.25, 0.3) is 0 Å². The maximum absolute atomic E-state index is 12.4. The number of hydrogen-bond acceptors (Lipinski definition) is 3. The number of amides is 2. The highest BCUT2D eigenvalue weighted by Crippen LogP contribution is 2.20. The SMILES string of the molecule is CC(=O)NCC1CCN(C(=O)C(N)c2ccccc2)CC1. The third kappa shape index (κ3) is 4.29. The molecule has 1 atom stereocenters. The van der Waals surface area contributed by atoms with Crippen LogP contribution < -0.4 is 11.1 Å². The molecule has 0 radical (unpaired) electrons. The van der Waals surface area contributed by atoms with Crippen LogP contribution in [0.15, 0.2) is 30.3 Å². The van der Waals surface area contributed by atoms with Crippen molar-refractivity contribution in [3.05, 3.63) is 35.9 Å². The van der Waals surface area contributed by atoms with Gasteiger partial charge in [-0.15, -0.1) is 0 Å². The molecule has 1 saturated heterocycles. The summed E-state index contributed by atoms with van der Waals surface area (Å²) >= 11 is 0. The maximum Gasteiger partial charge on any atom is 0.244 e. The Morgan fingerprint density at radius 2 is 1.90 bits per heavy atom. The van der Waals surface area contributed by atoms with E-state index in [4.69, 9.17) is 5.73 Å². The van der Waals surface area contributed by atoms with E-state index in [1.54, 1.807) is 0 Å². The van der Waals surface area contributed by atoms with E-state index in [0.29, 0.717) is 25.6 Å². The Morgan fingerprint density at radius 3 is 2.48 bits per heavy atom. The van der Waals surface area contributed by atoms with Crippen LogP contribution in [0.2, 0.25) is 0 Å². The number of carbonyl (C=O) groups is 2. The highest BCUT2D eigenvalue weighted by Gasteiger charge is 2.26. The van der Waals surface area contributed by atoms with E-state index in [9.17, 15) is 9.59 Å². The van der Waals surface area contributed by atoms with Crippen molar-refractivity contribution in [3.63, 3.8) is 0 Å². The second-order valence-electron chi connectivity index (χ2n) is 5.59. The minimum absolute atomic E-state index is 0.000365. The van der Waals surface area contributed by atoms with Gasteiger partial charge < -0.3 is 16.0 Å². The second kappa shape index (κ2) is 7.22. The van der Waals surface area contributed by atoms with Gasteiger partial charge in [0.1, 0.15) is 6.04 Å². The molecule has 1 aromatic rings. The van der Waals surface area contributed by atoms with Gasteiger partial charge in [-0.05, 0) is 24.3 Å². The van der Waals surface area contributed by atoms with Crippen molar-refractivity contribution in [2.24, 2.45) is 11.7 Å². The summed E-state index contributed by atoms with van der Waals surface area (Å²) < 4.78 is 0. The van der Waals surface area contributed by atoms with Crippen LogP contribution in [0.3, 0.4) is 0 Å². The monoisotopic (exact) mass is 289 g/mol. The summed E-state index contributed by atoms with van der Waals surface area (Å²) in [4.78, 5) is 25.2. The maximum atomic E-state index is 12.4. The minimum Gasteiger partial charge on any atom is -0.356 e. The number of nitrogens with one attached hydrogen (secondary N) is 1. The summed E-state index contributed by atoms with van der Waals surface area (Å²) in [6.45, 7) is 3.65. The second-order valence-corrected chi connectivity index (χ2v) is 5.59. The predicted molar refractivity (Wildman–Crippen MR) is 81.4 cm³/mol. The molecule has 0 bridgehead atoms. The van der Waals surface area contributed by atoms with Crippen LogP contribution in [0, 0.1) is 5.92 Å². The quantitative estimate of drug-likeness (QED) is 0.870. The third-order valence-corrected chi connectivity index (χ3v) is 3.99. The first kappa shape index (κ1) is 15.5. The Labute approximate surface area is 125 Å². The molecule has 1 unspecified atom stereocenters. The average Bonchev–Trinajstić information content (AvgIpc) is 2.53. The number of nitrogens with two attached hydrogens (primary N) is 1. The molecule has 2 amide bonds. The lowest BCUT2D eigenvalue weighted by molar-refractivity contribution is -0.134. The van der Waals surface area contributed by atoms with Crippen molar-refractivity contribution in [1.29, 1.82) is 0 Å². The van der Waals surface area contributed by atoms with Crippen LogP contribution in [0.4, 0.5) is 0 Å². The fourth-order valence-electron chi connectivity index (χ4n) is 2.65. The molecule has 114 valence electrons. The normalized spacial score (nSPS) is 17.3. The van der Waals surface area contributed by atoms with Crippen LogP contribution in [0.25, 0.3) is 0 Å². The number of benzene rings is 1. The molecule has 0 aliphatic carbocycles. The first-order chi connectivity index (χ1) is 10.1. The van der Waals surface area contributed by atoms with Crippen LogP contribution in [0.1, 0.15) is 31.4 Å². The third-order valence-electron chi connectivity index (χ3n) is 3.99. The van der Waals surface area contributed by atoms with Crippen molar-refractivity contribution < 1.29 is 9.59 Å². The number of piperidine rings is 1. The van der Waals surface area contributed by atoms with Gasteiger partial charge in [-0.25, -0.2) is 0 Å². The molecule has 3 N–H and O–H groups in total. The van der Waals surface area contributed by atoms with Crippen molar-refractivity contribution in [2.75, 3.05) is 19.6 Å². The molecule has 21 heavy (non-hydrogen) atoms. The number of carbonyl (C=O) groups excluding carboxylic acids is 2. The molecule has 1 aliphatic heterocycles. The standard InChI is InChI=1S/C16H23N3O2/c1-12(20)18-11-13-7-9-19(10-8-13)16(21)15(17)14-5-3-2-4-6-14/h2-6,13,15H,7-11,17H2,1H3,(H,18,20).